The predicted octanol–water partition coefficient (Wildman–Crippen LogP) is 0.531. The van der Waals surface area contributed by atoms with Crippen LogP contribution in [0.15, 0.2) is 0 Å². The molecule has 2 aliphatic carbocycles. The van der Waals surface area contributed by atoms with E-state index < -0.39 is 0 Å². The fraction of sp³-hybridized carbons (Fsp3) is 0.875. The lowest BCUT2D eigenvalue weighted by atomic mass is 9.90. The Bertz CT molecular complexity index is 199. The third-order valence-electron chi connectivity index (χ3n) is 3.48. The molecule has 3 rings (SSSR count). The maximum absolute atomic E-state index is 11.2. The van der Waals surface area contributed by atoms with Gasteiger partial charge in [0.2, 0.25) is 5.91 Å². The molecule has 1 N–H and O–H groups in total. The van der Waals surface area contributed by atoms with Gasteiger partial charge < -0.3 is 5.32 Å². The van der Waals surface area contributed by atoms with E-state index in [0.29, 0.717) is 17.9 Å². The van der Waals surface area contributed by atoms with Crippen LogP contribution in [-0.4, -0.2) is 11.9 Å². The van der Waals surface area contributed by atoms with Gasteiger partial charge in [-0.1, -0.05) is 0 Å². The summed E-state index contributed by atoms with van der Waals surface area (Å²) < 4.78 is 0. The number of nitrogens with one attached hydrogen (secondary N) is 1. The Kier molecular flexibility index (Phi) is 0.715. The summed E-state index contributed by atoms with van der Waals surface area (Å²) in [6, 6.07) is 0.580. The Morgan fingerprint density at radius 1 is 1.30 bits per heavy atom. The normalized spacial score (nSPS) is 55.8. The van der Waals surface area contributed by atoms with Gasteiger partial charge in [-0.2, -0.15) is 0 Å². The van der Waals surface area contributed by atoms with Crippen molar-refractivity contribution in [2.24, 2.45) is 17.8 Å². The molecule has 2 nitrogen and oxygen atoms in total. The SMILES string of the molecule is O=C1N[C@H]2C[C@@H]3C[C@H]2[C@H]1C3. The third-order valence-corrected chi connectivity index (χ3v) is 3.48. The van der Waals surface area contributed by atoms with Crippen molar-refractivity contribution in [2.45, 2.75) is 25.3 Å². The predicted molar refractivity (Wildman–Crippen MR) is 36.3 cm³/mol. The van der Waals surface area contributed by atoms with E-state index >= 15 is 0 Å². The summed E-state index contributed by atoms with van der Waals surface area (Å²) in [6.45, 7) is 0. The van der Waals surface area contributed by atoms with E-state index in [1.54, 1.807) is 0 Å². The first-order valence-corrected chi connectivity index (χ1v) is 4.15. The van der Waals surface area contributed by atoms with Crippen molar-refractivity contribution >= 4 is 5.91 Å². The molecule has 0 aromatic carbocycles. The molecule has 3 fully saturated rings. The standard InChI is InChI=1S/C8H11NO/c10-8-6-2-4-1-5(6)7(3-4)9-8/h4-7H,1-3H2,(H,9,10)/t4-,5+,6-,7+/m1/s1. The fourth-order valence-electron chi connectivity index (χ4n) is 3.11. The van der Waals surface area contributed by atoms with E-state index in [-0.39, 0.29) is 0 Å². The van der Waals surface area contributed by atoms with Gasteiger partial charge in [0.05, 0.1) is 0 Å². The Labute approximate surface area is 60.0 Å². The van der Waals surface area contributed by atoms with Crippen molar-refractivity contribution in [1.82, 2.24) is 5.32 Å². The summed E-state index contributed by atoms with van der Waals surface area (Å²) in [7, 11) is 0. The number of carbonyl (C=O) groups is 1. The molecule has 54 valence electrons. The van der Waals surface area contributed by atoms with E-state index in [1.807, 2.05) is 0 Å². The van der Waals surface area contributed by atoms with Gasteiger partial charge in [0, 0.05) is 12.0 Å². The van der Waals surface area contributed by atoms with Crippen LogP contribution in [0.5, 0.6) is 0 Å². The minimum absolute atomic E-state index is 0.343. The smallest absolute Gasteiger partial charge is 0.223 e. The molecule has 0 aromatic heterocycles. The first kappa shape index (κ1) is 5.16. The number of hydrogen-bond acceptors (Lipinski definition) is 1. The molecule has 0 spiro atoms. The molecule has 10 heavy (non-hydrogen) atoms. The Morgan fingerprint density at radius 2 is 2.20 bits per heavy atom. The molecule has 1 amide bonds. The number of fused-ring (bicyclic) bond motifs is 1. The van der Waals surface area contributed by atoms with Crippen molar-refractivity contribution in [3.8, 4) is 0 Å². The van der Waals surface area contributed by atoms with Gasteiger partial charge in [0.1, 0.15) is 0 Å². The molecule has 4 atom stereocenters. The average Bonchev–Trinajstić information content (AvgIpc) is 2.44. The van der Waals surface area contributed by atoms with E-state index in [1.165, 1.54) is 19.3 Å². The maximum Gasteiger partial charge on any atom is 0.223 e. The summed E-state index contributed by atoms with van der Waals surface area (Å²) in [5, 5.41) is 3.07. The molecule has 0 radical (unpaired) electrons. The average molecular weight is 137 g/mol. The van der Waals surface area contributed by atoms with E-state index in [9.17, 15) is 4.79 Å². The van der Waals surface area contributed by atoms with E-state index in [4.69, 9.17) is 0 Å². The number of carbonyl (C=O) groups excluding carboxylic acids is 1. The number of hydrogen-bond donors (Lipinski definition) is 1. The monoisotopic (exact) mass is 137 g/mol. The van der Waals surface area contributed by atoms with Gasteiger partial charge in [0.25, 0.3) is 0 Å². The van der Waals surface area contributed by atoms with Crippen LogP contribution < -0.4 is 5.32 Å². The van der Waals surface area contributed by atoms with Crippen LogP contribution in [0.25, 0.3) is 0 Å². The molecule has 1 heterocycles. The van der Waals surface area contributed by atoms with Crippen molar-refractivity contribution in [2.75, 3.05) is 0 Å². The maximum atomic E-state index is 11.2. The molecule has 3 aliphatic rings. The van der Waals surface area contributed by atoms with Gasteiger partial charge in [-0.3, -0.25) is 4.79 Å². The highest BCUT2D eigenvalue weighted by Crippen LogP contribution is 2.51. The van der Waals surface area contributed by atoms with Crippen LogP contribution in [0.3, 0.4) is 0 Å². The lowest BCUT2D eigenvalue weighted by Crippen LogP contribution is -2.25. The highest BCUT2D eigenvalue weighted by Gasteiger charge is 2.54. The summed E-state index contributed by atoms with van der Waals surface area (Å²) in [5.74, 6) is 2.38. The van der Waals surface area contributed by atoms with Gasteiger partial charge in [-0.05, 0) is 31.1 Å². The summed E-state index contributed by atoms with van der Waals surface area (Å²) in [6.07, 6.45) is 3.79. The lowest BCUT2D eigenvalue weighted by molar-refractivity contribution is -0.122. The summed E-state index contributed by atoms with van der Waals surface area (Å²) in [5.41, 5.74) is 0. The van der Waals surface area contributed by atoms with Crippen molar-refractivity contribution < 1.29 is 4.79 Å². The highest BCUT2D eigenvalue weighted by atomic mass is 16.2. The van der Waals surface area contributed by atoms with Crippen molar-refractivity contribution in [1.29, 1.82) is 0 Å². The molecule has 0 unspecified atom stereocenters. The topological polar surface area (TPSA) is 29.1 Å². The van der Waals surface area contributed by atoms with Gasteiger partial charge in [0.15, 0.2) is 0 Å². The minimum Gasteiger partial charge on any atom is -0.353 e. The zero-order chi connectivity index (χ0) is 6.72. The zero-order valence-corrected chi connectivity index (χ0v) is 5.84. The second-order valence-corrected chi connectivity index (χ2v) is 3.96. The van der Waals surface area contributed by atoms with Gasteiger partial charge in [-0.25, -0.2) is 0 Å². The largest absolute Gasteiger partial charge is 0.353 e. The minimum atomic E-state index is 0.343. The zero-order valence-electron chi connectivity index (χ0n) is 5.84. The summed E-state index contributed by atoms with van der Waals surface area (Å²) >= 11 is 0. The molecule has 2 saturated carbocycles. The third kappa shape index (κ3) is 0.414. The molecular formula is C8H11NO. The highest BCUT2D eigenvalue weighted by molar-refractivity contribution is 5.82. The van der Waals surface area contributed by atoms with Crippen molar-refractivity contribution in [3.05, 3.63) is 0 Å². The molecule has 1 saturated heterocycles. The van der Waals surface area contributed by atoms with Crippen LogP contribution >= 0.6 is 0 Å². The molecule has 1 aliphatic heterocycles. The van der Waals surface area contributed by atoms with Crippen LogP contribution in [0, 0.1) is 17.8 Å². The first-order valence-electron chi connectivity index (χ1n) is 4.15. The Morgan fingerprint density at radius 3 is 2.80 bits per heavy atom. The first-order chi connectivity index (χ1) is 4.84. The van der Waals surface area contributed by atoms with Crippen LogP contribution in [-0.2, 0) is 4.79 Å². The quantitative estimate of drug-likeness (QED) is 0.518. The molecular weight excluding hydrogens is 126 g/mol. The van der Waals surface area contributed by atoms with Crippen molar-refractivity contribution in [3.63, 3.8) is 0 Å². The van der Waals surface area contributed by atoms with Gasteiger partial charge >= 0.3 is 0 Å². The van der Waals surface area contributed by atoms with Crippen LogP contribution in [0.4, 0.5) is 0 Å². The Balaban J connectivity index is 2.05. The number of amides is 1. The summed E-state index contributed by atoms with van der Waals surface area (Å²) in [4.78, 5) is 11.2. The van der Waals surface area contributed by atoms with E-state index in [0.717, 1.165) is 11.8 Å². The lowest BCUT2D eigenvalue weighted by Gasteiger charge is -2.13. The fourth-order valence-corrected chi connectivity index (χ4v) is 3.11. The van der Waals surface area contributed by atoms with Crippen LogP contribution in [0.2, 0.25) is 0 Å². The molecule has 2 heteroatoms. The second kappa shape index (κ2) is 1.39. The molecule has 2 bridgehead atoms. The Hall–Kier alpha value is -0.530. The van der Waals surface area contributed by atoms with Crippen LogP contribution in [0.1, 0.15) is 19.3 Å². The second-order valence-electron chi connectivity index (χ2n) is 3.96. The van der Waals surface area contributed by atoms with Gasteiger partial charge in [-0.15, -0.1) is 0 Å². The number of rotatable bonds is 0. The molecule has 0 aromatic rings. The van der Waals surface area contributed by atoms with E-state index in [2.05, 4.69) is 5.32 Å².